The Kier molecular flexibility index (Phi) is 6.15. The summed E-state index contributed by atoms with van der Waals surface area (Å²) < 4.78 is 12.1. The predicted octanol–water partition coefficient (Wildman–Crippen LogP) is 3.69. The fourth-order valence-corrected chi connectivity index (χ4v) is 6.22. The van der Waals surface area contributed by atoms with Crippen molar-refractivity contribution >= 4 is 39.3 Å². The third-order valence-corrected chi connectivity index (χ3v) is 8.30. The summed E-state index contributed by atoms with van der Waals surface area (Å²) in [4.78, 5) is 12.3. The Morgan fingerprint density at radius 3 is 2.59 bits per heavy atom. The van der Waals surface area contributed by atoms with Gasteiger partial charge < -0.3 is 25.0 Å². The molecule has 1 saturated heterocycles. The first-order valence-electron chi connectivity index (χ1n) is 12.5. The van der Waals surface area contributed by atoms with Gasteiger partial charge in [0, 0.05) is 37.4 Å². The first-order chi connectivity index (χ1) is 16.6. The normalized spacial score (nSPS) is 28.1. The molecule has 2 aliphatic carbocycles. The number of rotatable bonds is 6. The second-order valence-electron chi connectivity index (χ2n) is 9.89. The average Bonchev–Trinajstić information content (AvgIpc) is 3.44. The van der Waals surface area contributed by atoms with E-state index < -0.39 is 0 Å². The van der Waals surface area contributed by atoms with Gasteiger partial charge >= 0.3 is 0 Å². The van der Waals surface area contributed by atoms with E-state index in [9.17, 15) is 5.11 Å². The zero-order chi connectivity index (χ0) is 23.1. The maximum absolute atomic E-state index is 9.88. The molecule has 3 fully saturated rings. The largest absolute Gasteiger partial charge is 0.393 e. The van der Waals surface area contributed by atoms with Crippen molar-refractivity contribution in [2.75, 3.05) is 36.9 Å². The fraction of sp³-hybridized carbons (Fsp3) is 0.625. The van der Waals surface area contributed by atoms with Crippen LogP contribution in [-0.4, -0.2) is 73.4 Å². The minimum Gasteiger partial charge on any atom is -0.393 e. The van der Waals surface area contributed by atoms with Gasteiger partial charge in [-0.15, -0.1) is 0 Å². The summed E-state index contributed by atoms with van der Waals surface area (Å²) in [5.41, 5.74) is 2.95. The summed E-state index contributed by atoms with van der Waals surface area (Å²) in [5.74, 6) is 1.47. The molecule has 10 heteroatoms. The number of anilines is 3. The second kappa shape index (κ2) is 9.41. The van der Waals surface area contributed by atoms with Gasteiger partial charge in [-0.05, 0) is 69.1 Å². The van der Waals surface area contributed by atoms with Gasteiger partial charge in [0.15, 0.2) is 5.82 Å². The summed E-state index contributed by atoms with van der Waals surface area (Å²) in [5, 5.41) is 17.9. The van der Waals surface area contributed by atoms with E-state index in [0.29, 0.717) is 24.1 Å². The monoisotopic (exact) mass is 483 g/mol. The Morgan fingerprint density at radius 1 is 1.09 bits per heavy atom. The van der Waals surface area contributed by atoms with Crippen LogP contribution in [0.3, 0.4) is 0 Å². The third-order valence-electron chi connectivity index (χ3n) is 7.51. The number of aliphatic hydroxyl groups is 1. The molecule has 0 aromatic carbocycles. The third kappa shape index (κ3) is 4.51. The molecular weight excluding hydrogens is 450 g/mol. The standard InChI is InChI=1S/C24H33N7O2S/c1-15-12-21(34-29-15)27-24-26-20-6-7-31(18-13-19(32)14-18)22(20)23(28-24)25-16-2-4-17(5-3-16)30-8-10-33-11-9-30/h6-7,12,16-19,32H,2-5,8-11,13-14H2,1H3,(H2,25,26,27,28)/t16-,17-,18?,19?. The molecule has 0 amide bonds. The van der Waals surface area contributed by atoms with E-state index >= 15 is 0 Å². The first kappa shape index (κ1) is 22.2. The molecule has 2 saturated carbocycles. The van der Waals surface area contributed by atoms with Crippen molar-refractivity contribution in [2.24, 2.45) is 0 Å². The van der Waals surface area contributed by atoms with Crippen molar-refractivity contribution < 1.29 is 9.84 Å². The van der Waals surface area contributed by atoms with Gasteiger partial charge in [-0.2, -0.15) is 9.36 Å². The lowest BCUT2D eigenvalue weighted by Gasteiger charge is -2.39. The van der Waals surface area contributed by atoms with Crippen LogP contribution in [0.1, 0.15) is 50.3 Å². The van der Waals surface area contributed by atoms with E-state index in [4.69, 9.17) is 14.7 Å². The maximum Gasteiger partial charge on any atom is 0.230 e. The van der Waals surface area contributed by atoms with Gasteiger partial charge in [-0.1, -0.05) is 0 Å². The van der Waals surface area contributed by atoms with Crippen molar-refractivity contribution in [2.45, 2.75) is 69.7 Å². The van der Waals surface area contributed by atoms with Crippen LogP contribution in [0, 0.1) is 6.92 Å². The van der Waals surface area contributed by atoms with Gasteiger partial charge in [0.05, 0.1) is 30.5 Å². The van der Waals surface area contributed by atoms with Crippen LogP contribution < -0.4 is 10.6 Å². The molecule has 34 heavy (non-hydrogen) atoms. The summed E-state index contributed by atoms with van der Waals surface area (Å²) >= 11 is 1.42. The molecule has 3 aromatic heterocycles. The predicted molar refractivity (Wildman–Crippen MR) is 134 cm³/mol. The number of aliphatic hydroxyl groups excluding tert-OH is 1. The highest BCUT2D eigenvalue weighted by Crippen LogP contribution is 2.38. The van der Waals surface area contributed by atoms with Crippen molar-refractivity contribution in [3.63, 3.8) is 0 Å². The molecule has 9 nitrogen and oxygen atoms in total. The molecule has 0 bridgehead atoms. The Morgan fingerprint density at radius 2 is 1.88 bits per heavy atom. The average molecular weight is 484 g/mol. The number of aromatic nitrogens is 4. The molecule has 0 radical (unpaired) electrons. The van der Waals surface area contributed by atoms with E-state index in [2.05, 4.69) is 36.7 Å². The number of ether oxygens (including phenoxy) is 1. The topological polar surface area (TPSA) is 100 Å². The highest BCUT2D eigenvalue weighted by Gasteiger charge is 2.31. The SMILES string of the molecule is Cc1cc(Nc2nc(N[C@H]3CC[C@H](N4CCOCC4)CC3)c3c(ccn3C3CC(O)C3)n2)sn1. The second-order valence-corrected chi connectivity index (χ2v) is 10.7. The summed E-state index contributed by atoms with van der Waals surface area (Å²) in [7, 11) is 0. The maximum atomic E-state index is 9.88. The highest BCUT2D eigenvalue weighted by molar-refractivity contribution is 7.10. The van der Waals surface area contributed by atoms with Crippen LogP contribution in [0.5, 0.6) is 0 Å². The van der Waals surface area contributed by atoms with Gasteiger partial charge in [0.25, 0.3) is 0 Å². The van der Waals surface area contributed by atoms with E-state index in [1.807, 2.05) is 13.0 Å². The molecule has 182 valence electrons. The van der Waals surface area contributed by atoms with Crippen molar-refractivity contribution in [3.8, 4) is 0 Å². The molecule has 4 heterocycles. The van der Waals surface area contributed by atoms with Gasteiger partial charge in [0.1, 0.15) is 10.5 Å². The lowest BCUT2D eigenvalue weighted by Crippen LogP contribution is -2.46. The summed E-state index contributed by atoms with van der Waals surface area (Å²) in [6.07, 6.45) is 8.13. The van der Waals surface area contributed by atoms with Crippen LogP contribution in [0.2, 0.25) is 0 Å². The van der Waals surface area contributed by atoms with Gasteiger partial charge in [-0.3, -0.25) is 4.90 Å². The molecule has 3 N–H and O–H groups in total. The van der Waals surface area contributed by atoms with Crippen molar-refractivity contribution in [1.82, 2.24) is 23.8 Å². The minimum absolute atomic E-state index is 0.203. The lowest BCUT2D eigenvalue weighted by molar-refractivity contribution is 0.00790. The number of aryl methyl sites for hydroxylation is 1. The van der Waals surface area contributed by atoms with E-state index in [1.165, 1.54) is 24.4 Å². The molecule has 6 rings (SSSR count). The number of hydrogen-bond acceptors (Lipinski definition) is 9. The zero-order valence-corrected chi connectivity index (χ0v) is 20.4. The van der Waals surface area contributed by atoms with E-state index in [0.717, 1.165) is 79.5 Å². The zero-order valence-electron chi connectivity index (χ0n) is 19.6. The Hall–Kier alpha value is -2.27. The van der Waals surface area contributed by atoms with Gasteiger partial charge in [0.2, 0.25) is 5.95 Å². The number of morpholine rings is 1. The van der Waals surface area contributed by atoms with Crippen LogP contribution in [-0.2, 0) is 4.74 Å². The summed E-state index contributed by atoms with van der Waals surface area (Å²) in [6.45, 7) is 5.82. The molecule has 0 atom stereocenters. The number of nitrogens with one attached hydrogen (secondary N) is 2. The van der Waals surface area contributed by atoms with E-state index in [1.54, 1.807) is 0 Å². The number of fused-ring (bicyclic) bond motifs is 1. The Bertz CT molecular complexity index is 1130. The quantitative estimate of drug-likeness (QED) is 0.488. The molecule has 0 spiro atoms. The Balaban J connectivity index is 1.24. The van der Waals surface area contributed by atoms with Crippen molar-refractivity contribution in [3.05, 3.63) is 24.0 Å². The van der Waals surface area contributed by atoms with Gasteiger partial charge in [-0.25, -0.2) is 4.98 Å². The first-order valence-corrected chi connectivity index (χ1v) is 13.2. The van der Waals surface area contributed by atoms with Crippen molar-refractivity contribution in [1.29, 1.82) is 0 Å². The fourth-order valence-electron chi connectivity index (χ4n) is 5.57. The van der Waals surface area contributed by atoms with Crippen LogP contribution >= 0.6 is 11.5 Å². The van der Waals surface area contributed by atoms with Crippen LogP contribution in [0.4, 0.5) is 16.8 Å². The molecule has 1 aliphatic heterocycles. The number of hydrogen-bond donors (Lipinski definition) is 3. The minimum atomic E-state index is -0.203. The molecule has 3 aliphatic rings. The highest BCUT2D eigenvalue weighted by atomic mass is 32.1. The van der Waals surface area contributed by atoms with E-state index in [-0.39, 0.29) is 6.10 Å². The Labute approximate surface area is 203 Å². The number of nitrogens with zero attached hydrogens (tertiary/aromatic N) is 5. The lowest BCUT2D eigenvalue weighted by atomic mass is 9.89. The van der Waals surface area contributed by atoms with Crippen LogP contribution in [0.15, 0.2) is 18.3 Å². The summed E-state index contributed by atoms with van der Waals surface area (Å²) in [6, 6.07) is 5.44. The van der Waals surface area contributed by atoms with Crippen LogP contribution in [0.25, 0.3) is 11.0 Å². The molecular formula is C24H33N7O2S. The molecule has 0 unspecified atom stereocenters. The molecule has 3 aromatic rings. The smallest absolute Gasteiger partial charge is 0.230 e.